The van der Waals surface area contributed by atoms with Crippen molar-refractivity contribution in [3.05, 3.63) is 64.4 Å². The SMILES string of the molecule is Cc1cc(-c2cn3ccccc3c2C(=O)O)ccc1Br. The van der Waals surface area contributed by atoms with Gasteiger partial charge in [0.05, 0.1) is 11.1 Å². The number of hydrogen-bond donors (Lipinski definition) is 1. The van der Waals surface area contributed by atoms with E-state index < -0.39 is 5.97 Å². The lowest BCUT2D eigenvalue weighted by Gasteiger charge is -2.04. The Morgan fingerprint density at radius 3 is 2.75 bits per heavy atom. The van der Waals surface area contributed by atoms with Crippen LogP contribution in [0.15, 0.2) is 53.3 Å². The first-order valence-electron chi connectivity index (χ1n) is 6.17. The minimum Gasteiger partial charge on any atom is -0.478 e. The van der Waals surface area contributed by atoms with E-state index in [4.69, 9.17) is 0 Å². The number of carboxylic acids is 1. The maximum atomic E-state index is 11.6. The van der Waals surface area contributed by atoms with Crippen LogP contribution in [0.2, 0.25) is 0 Å². The second kappa shape index (κ2) is 4.80. The second-order valence-electron chi connectivity index (χ2n) is 4.68. The average Bonchev–Trinajstić information content (AvgIpc) is 2.81. The highest BCUT2D eigenvalue weighted by Crippen LogP contribution is 2.31. The molecule has 0 atom stereocenters. The van der Waals surface area contributed by atoms with Crippen molar-refractivity contribution in [1.82, 2.24) is 4.40 Å². The zero-order valence-electron chi connectivity index (χ0n) is 10.8. The van der Waals surface area contributed by atoms with Crippen LogP contribution < -0.4 is 0 Å². The van der Waals surface area contributed by atoms with Gasteiger partial charge in [-0.3, -0.25) is 0 Å². The maximum Gasteiger partial charge on any atom is 0.338 e. The van der Waals surface area contributed by atoms with Crippen molar-refractivity contribution in [2.75, 3.05) is 0 Å². The van der Waals surface area contributed by atoms with Crippen molar-refractivity contribution in [2.24, 2.45) is 0 Å². The summed E-state index contributed by atoms with van der Waals surface area (Å²) in [5.74, 6) is -0.908. The highest BCUT2D eigenvalue weighted by atomic mass is 79.9. The van der Waals surface area contributed by atoms with Gasteiger partial charge in [-0.2, -0.15) is 0 Å². The summed E-state index contributed by atoms with van der Waals surface area (Å²) in [6.07, 6.45) is 3.72. The first-order chi connectivity index (χ1) is 9.58. The van der Waals surface area contributed by atoms with Crippen molar-refractivity contribution in [3.8, 4) is 11.1 Å². The van der Waals surface area contributed by atoms with Crippen molar-refractivity contribution < 1.29 is 9.90 Å². The van der Waals surface area contributed by atoms with Crippen LogP contribution in [0.25, 0.3) is 16.6 Å². The molecule has 0 unspecified atom stereocenters. The van der Waals surface area contributed by atoms with Gasteiger partial charge >= 0.3 is 5.97 Å². The molecule has 0 amide bonds. The number of rotatable bonds is 2. The lowest BCUT2D eigenvalue weighted by Crippen LogP contribution is -1.97. The summed E-state index contributed by atoms with van der Waals surface area (Å²) >= 11 is 3.46. The molecule has 20 heavy (non-hydrogen) atoms. The molecular weight excluding hydrogens is 318 g/mol. The van der Waals surface area contributed by atoms with Crippen LogP contribution in [0.5, 0.6) is 0 Å². The van der Waals surface area contributed by atoms with Gasteiger partial charge in [0.15, 0.2) is 0 Å². The smallest absolute Gasteiger partial charge is 0.338 e. The van der Waals surface area contributed by atoms with E-state index in [-0.39, 0.29) is 0 Å². The predicted molar refractivity (Wildman–Crippen MR) is 82.2 cm³/mol. The fraction of sp³-hybridized carbons (Fsp3) is 0.0625. The third kappa shape index (κ3) is 2.02. The number of aryl methyl sites for hydroxylation is 1. The Morgan fingerprint density at radius 1 is 1.25 bits per heavy atom. The second-order valence-corrected chi connectivity index (χ2v) is 5.53. The summed E-state index contributed by atoms with van der Waals surface area (Å²) in [5, 5.41) is 9.52. The largest absolute Gasteiger partial charge is 0.478 e. The summed E-state index contributed by atoms with van der Waals surface area (Å²) in [7, 11) is 0. The van der Waals surface area contributed by atoms with Crippen molar-refractivity contribution in [3.63, 3.8) is 0 Å². The van der Waals surface area contributed by atoms with Crippen molar-refractivity contribution >= 4 is 27.4 Å². The Morgan fingerprint density at radius 2 is 2.05 bits per heavy atom. The third-order valence-electron chi connectivity index (χ3n) is 3.37. The summed E-state index contributed by atoms with van der Waals surface area (Å²) in [4.78, 5) is 11.6. The van der Waals surface area contributed by atoms with E-state index in [0.717, 1.165) is 21.2 Å². The third-order valence-corrected chi connectivity index (χ3v) is 4.26. The van der Waals surface area contributed by atoms with Gasteiger partial charge in [-0.25, -0.2) is 4.79 Å². The number of nitrogens with zero attached hydrogens (tertiary/aromatic N) is 1. The molecular formula is C16H12BrNO2. The Balaban J connectivity index is 2.32. The minimum atomic E-state index is -0.908. The molecule has 4 heteroatoms. The molecule has 0 fully saturated rings. The highest BCUT2D eigenvalue weighted by molar-refractivity contribution is 9.10. The Kier molecular flexibility index (Phi) is 3.10. The number of fused-ring (bicyclic) bond motifs is 1. The van der Waals surface area contributed by atoms with E-state index in [9.17, 15) is 9.90 Å². The topological polar surface area (TPSA) is 41.7 Å². The standard InChI is InChI=1S/C16H12BrNO2/c1-10-8-11(5-6-13(10)17)12-9-18-7-3-2-4-14(18)15(12)16(19)20/h2-9H,1H3,(H,19,20). The molecule has 3 rings (SSSR count). The van der Waals surface area contributed by atoms with E-state index in [0.29, 0.717) is 11.1 Å². The molecule has 0 saturated heterocycles. The Labute approximate surface area is 124 Å². The van der Waals surface area contributed by atoms with Crippen molar-refractivity contribution in [2.45, 2.75) is 6.92 Å². The molecule has 1 N–H and O–H groups in total. The molecule has 3 aromatic rings. The van der Waals surface area contributed by atoms with Crippen LogP contribution in [-0.4, -0.2) is 15.5 Å². The molecule has 0 radical (unpaired) electrons. The minimum absolute atomic E-state index is 0.340. The zero-order valence-corrected chi connectivity index (χ0v) is 12.4. The first kappa shape index (κ1) is 12.9. The van der Waals surface area contributed by atoms with E-state index in [1.54, 1.807) is 0 Å². The van der Waals surface area contributed by atoms with Crippen molar-refractivity contribution in [1.29, 1.82) is 0 Å². The molecule has 0 aliphatic carbocycles. The summed E-state index contributed by atoms with van der Waals surface area (Å²) in [5.41, 5.74) is 3.77. The van der Waals surface area contributed by atoms with Crippen LogP contribution in [0.3, 0.4) is 0 Å². The van der Waals surface area contributed by atoms with E-state index >= 15 is 0 Å². The van der Waals surface area contributed by atoms with Crippen LogP contribution in [-0.2, 0) is 0 Å². The number of pyridine rings is 1. The van der Waals surface area contributed by atoms with Crippen LogP contribution >= 0.6 is 15.9 Å². The molecule has 1 aromatic carbocycles. The Hall–Kier alpha value is -2.07. The number of aromatic carboxylic acids is 1. The maximum absolute atomic E-state index is 11.6. The number of carboxylic acid groups (broad SMARTS) is 1. The van der Waals surface area contributed by atoms with Gasteiger partial charge in [0.25, 0.3) is 0 Å². The summed E-state index contributed by atoms with van der Waals surface area (Å²) < 4.78 is 2.86. The van der Waals surface area contributed by atoms with Gasteiger partial charge in [0, 0.05) is 22.4 Å². The molecule has 2 heterocycles. The van der Waals surface area contributed by atoms with E-state index in [1.165, 1.54) is 0 Å². The molecule has 3 nitrogen and oxygen atoms in total. The zero-order chi connectivity index (χ0) is 14.3. The molecule has 0 spiro atoms. The lowest BCUT2D eigenvalue weighted by molar-refractivity contribution is 0.0700. The van der Waals surface area contributed by atoms with Gasteiger partial charge in [0.1, 0.15) is 0 Å². The van der Waals surface area contributed by atoms with E-state index in [1.807, 2.05) is 60.1 Å². The highest BCUT2D eigenvalue weighted by Gasteiger charge is 2.18. The van der Waals surface area contributed by atoms with Crippen LogP contribution in [0, 0.1) is 6.92 Å². The number of hydrogen-bond acceptors (Lipinski definition) is 1. The predicted octanol–water partition coefficient (Wildman–Crippen LogP) is 4.38. The van der Waals surface area contributed by atoms with Gasteiger partial charge < -0.3 is 9.51 Å². The fourth-order valence-corrected chi connectivity index (χ4v) is 2.62. The number of aromatic nitrogens is 1. The molecule has 2 aromatic heterocycles. The van der Waals surface area contributed by atoms with Gasteiger partial charge in [0.2, 0.25) is 0 Å². The monoisotopic (exact) mass is 329 g/mol. The first-order valence-corrected chi connectivity index (χ1v) is 6.97. The summed E-state index contributed by atoms with van der Waals surface area (Å²) in [6.45, 7) is 1.99. The van der Waals surface area contributed by atoms with Gasteiger partial charge in [-0.15, -0.1) is 0 Å². The average molecular weight is 330 g/mol. The van der Waals surface area contributed by atoms with Crippen LogP contribution in [0.1, 0.15) is 15.9 Å². The van der Waals surface area contributed by atoms with E-state index in [2.05, 4.69) is 15.9 Å². The fourth-order valence-electron chi connectivity index (χ4n) is 2.38. The quantitative estimate of drug-likeness (QED) is 0.758. The van der Waals surface area contributed by atoms with Crippen LogP contribution in [0.4, 0.5) is 0 Å². The molecule has 0 aliphatic rings. The molecule has 100 valence electrons. The Bertz CT molecular complexity index is 820. The number of carbonyl (C=O) groups is 1. The molecule has 0 aliphatic heterocycles. The molecule has 0 bridgehead atoms. The summed E-state index contributed by atoms with van der Waals surface area (Å²) in [6, 6.07) is 11.4. The number of halogens is 1. The lowest BCUT2D eigenvalue weighted by atomic mass is 10.0. The van der Waals surface area contributed by atoms with Gasteiger partial charge in [-0.05, 0) is 36.2 Å². The number of benzene rings is 1. The van der Waals surface area contributed by atoms with Gasteiger partial charge in [-0.1, -0.05) is 34.1 Å². The normalized spacial score (nSPS) is 10.9. The molecule has 0 saturated carbocycles.